The lowest BCUT2D eigenvalue weighted by molar-refractivity contribution is 0.411. The fourth-order valence-electron chi connectivity index (χ4n) is 6.25. The van der Waals surface area contributed by atoms with Gasteiger partial charge in [0.2, 0.25) is 8.24 Å². The molecule has 33 heavy (non-hydrogen) atoms. The summed E-state index contributed by atoms with van der Waals surface area (Å²) in [6.07, 6.45) is 25.9. The predicted octanol–water partition coefficient (Wildman–Crippen LogP) is 7.29. The summed E-state index contributed by atoms with van der Waals surface area (Å²) in [5.41, 5.74) is 0. The molecule has 2 aromatic rings. The summed E-state index contributed by atoms with van der Waals surface area (Å²) in [7, 11) is -2.35. The number of allylic oxidation sites excluding steroid dienone is 4. The Labute approximate surface area is 203 Å². The summed E-state index contributed by atoms with van der Waals surface area (Å²) >= 11 is 0. The number of nitrogens with one attached hydrogen (secondary N) is 1. The molecule has 1 nitrogen and oxygen atoms in total. The topological polar surface area (TPSA) is 12.0 Å². The lowest BCUT2D eigenvalue weighted by Gasteiger charge is -2.49. The minimum atomic E-state index is -2.35. The van der Waals surface area contributed by atoms with Gasteiger partial charge in [-0.1, -0.05) is 150 Å². The Hall–Kier alpha value is -1.90. The van der Waals surface area contributed by atoms with E-state index in [4.69, 9.17) is 0 Å². The molecule has 0 heterocycles. The van der Waals surface area contributed by atoms with Crippen molar-refractivity contribution in [3.05, 3.63) is 85.0 Å². The van der Waals surface area contributed by atoms with Crippen LogP contribution >= 0.6 is 0 Å². The highest BCUT2D eigenvalue weighted by Crippen LogP contribution is 2.47. The number of benzene rings is 2. The minimum Gasteiger partial charge on any atom is -0.327 e. The van der Waals surface area contributed by atoms with Crippen LogP contribution in [0.4, 0.5) is 0 Å². The molecule has 0 aromatic heterocycles. The molecule has 2 heteroatoms. The van der Waals surface area contributed by atoms with E-state index in [-0.39, 0.29) is 5.04 Å². The van der Waals surface area contributed by atoms with Gasteiger partial charge >= 0.3 is 0 Å². The Morgan fingerprint density at radius 2 is 1.27 bits per heavy atom. The molecule has 176 valence electrons. The van der Waals surface area contributed by atoms with Gasteiger partial charge in [-0.2, -0.15) is 0 Å². The normalized spacial score (nSPS) is 18.1. The van der Waals surface area contributed by atoms with Crippen LogP contribution in [-0.2, 0) is 0 Å². The summed E-state index contributed by atoms with van der Waals surface area (Å²) in [4.78, 5) is 4.48. The van der Waals surface area contributed by atoms with Crippen LogP contribution in [0.3, 0.4) is 0 Å². The van der Waals surface area contributed by atoms with Crippen molar-refractivity contribution >= 4 is 18.6 Å². The zero-order valence-electron chi connectivity index (χ0n) is 20.6. The summed E-state index contributed by atoms with van der Waals surface area (Å²) in [6, 6.07) is 23.6. The van der Waals surface area contributed by atoms with Crippen molar-refractivity contribution in [1.29, 1.82) is 0 Å². The Bertz CT molecular complexity index is 828. The van der Waals surface area contributed by atoms with Crippen LogP contribution in [0.2, 0.25) is 5.04 Å². The second-order valence-electron chi connectivity index (χ2n) is 10.2. The van der Waals surface area contributed by atoms with Crippen LogP contribution in [0.5, 0.6) is 0 Å². The van der Waals surface area contributed by atoms with Gasteiger partial charge in [0.25, 0.3) is 0 Å². The van der Waals surface area contributed by atoms with Crippen molar-refractivity contribution < 1.29 is 0 Å². The Balaban J connectivity index is 1.75. The van der Waals surface area contributed by atoms with Gasteiger partial charge in [0, 0.05) is 11.1 Å². The van der Waals surface area contributed by atoms with Crippen LogP contribution < -0.4 is 15.4 Å². The molecule has 2 aliphatic rings. The summed E-state index contributed by atoms with van der Waals surface area (Å²) in [5, 5.41) is 3.14. The fraction of sp³-hybridized carbons (Fsp3) is 0.484. The third-order valence-corrected chi connectivity index (χ3v) is 13.2. The number of hydrogen-bond donors (Lipinski definition) is 1. The average Bonchev–Trinajstić information content (AvgIpc) is 3.36. The Kier molecular flexibility index (Phi) is 8.80. The minimum absolute atomic E-state index is 0.0813. The molecule has 0 spiro atoms. The van der Waals surface area contributed by atoms with E-state index in [0.717, 1.165) is 0 Å². The standard InChI is InChI=1S/C31H43NSi/c1-2-3-4-5-6-16-25-31(26-17-18-27-31)33(29-21-12-8-13-22-29,30-23-14-9-15-24-30)32-28-19-10-7-11-20-28/h8-9,12-15,17-18,21-24,26-28,32H,2-7,10-11,16,19-20,25H2,1H3. The van der Waals surface area contributed by atoms with Crippen LogP contribution in [0.25, 0.3) is 0 Å². The van der Waals surface area contributed by atoms with Crippen LogP contribution in [-0.4, -0.2) is 14.3 Å². The molecule has 1 N–H and O–H groups in total. The molecule has 0 amide bonds. The first kappa shape index (κ1) is 24.2. The van der Waals surface area contributed by atoms with E-state index < -0.39 is 8.24 Å². The van der Waals surface area contributed by atoms with Gasteiger partial charge in [-0.05, 0) is 29.6 Å². The van der Waals surface area contributed by atoms with E-state index in [0.29, 0.717) is 6.04 Å². The van der Waals surface area contributed by atoms with Crippen molar-refractivity contribution in [2.75, 3.05) is 0 Å². The predicted molar refractivity (Wildman–Crippen MR) is 147 cm³/mol. The van der Waals surface area contributed by atoms with Gasteiger partial charge in [0.15, 0.2) is 0 Å². The maximum atomic E-state index is 4.48. The molecule has 1 saturated carbocycles. The maximum Gasteiger partial charge on any atom is 0.204 e. The zero-order chi connectivity index (χ0) is 22.8. The summed E-state index contributed by atoms with van der Waals surface area (Å²) < 4.78 is 0. The van der Waals surface area contributed by atoms with Gasteiger partial charge in [0.05, 0.1) is 0 Å². The smallest absolute Gasteiger partial charge is 0.204 e. The van der Waals surface area contributed by atoms with Crippen LogP contribution in [0, 0.1) is 0 Å². The van der Waals surface area contributed by atoms with Gasteiger partial charge < -0.3 is 4.98 Å². The molecular weight excluding hydrogens is 414 g/mol. The SMILES string of the molecule is CCCCCCCCC1([Si](NC2CCCCC2)(c2ccccc2)c2ccccc2)C=CC=C1. The first-order chi connectivity index (χ1) is 16.3. The number of hydrogen-bond acceptors (Lipinski definition) is 1. The van der Waals surface area contributed by atoms with Crippen molar-refractivity contribution in [2.45, 2.75) is 95.1 Å². The molecule has 0 aliphatic heterocycles. The summed E-state index contributed by atoms with van der Waals surface area (Å²) in [5.74, 6) is 0. The monoisotopic (exact) mass is 457 g/mol. The molecule has 0 saturated heterocycles. The fourth-order valence-corrected chi connectivity index (χ4v) is 11.8. The third-order valence-electron chi connectivity index (χ3n) is 7.98. The second kappa shape index (κ2) is 12.0. The van der Waals surface area contributed by atoms with Crippen molar-refractivity contribution in [3.63, 3.8) is 0 Å². The lowest BCUT2D eigenvalue weighted by atomic mass is 9.96. The first-order valence-corrected chi connectivity index (χ1v) is 15.6. The molecule has 0 unspecified atom stereocenters. The molecule has 0 radical (unpaired) electrons. The second-order valence-corrected chi connectivity index (χ2v) is 14.1. The van der Waals surface area contributed by atoms with E-state index in [1.54, 1.807) is 0 Å². The zero-order valence-corrected chi connectivity index (χ0v) is 21.6. The van der Waals surface area contributed by atoms with Crippen molar-refractivity contribution in [3.8, 4) is 0 Å². The average molecular weight is 458 g/mol. The van der Waals surface area contributed by atoms with Gasteiger partial charge in [-0.3, -0.25) is 0 Å². The van der Waals surface area contributed by atoms with Crippen molar-refractivity contribution in [2.24, 2.45) is 0 Å². The molecule has 0 atom stereocenters. The molecule has 2 aliphatic carbocycles. The number of rotatable bonds is 12. The Morgan fingerprint density at radius 1 is 0.727 bits per heavy atom. The van der Waals surface area contributed by atoms with Gasteiger partial charge in [-0.25, -0.2) is 0 Å². The van der Waals surface area contributed by atoms with Crippen LogP contribution in [0.15, 0.2) is 85.0 Å². The highest BCUT2D eigenvalue weighted by molar-refractivity contribution is 7.03. The maximum absolute atomic E-state index is 4.48. The molecule has 4 rings (SSSR count). The highest BCUT2D eigenvalue weighted by Gasteiger charge is 2.54. The molecule has 1 fully saturated rings. The van der Waals surface area contributed by atoms with E-state index in [2.05, 4.69) is 96.9 Å². The molecule has 2 aromatic carbocycles. The number of unbranched alkanes of at least 4 members (excludes halogenated alkanes) is 5. The van der Waals surface area contributed by atoms with E-state index in [1.165, 1.54) is 87.4 Å². The van der Waals surface area contributed by atoms with E-state index in [1.807, 2.05) is 0 Å². The largest absolute Gasteiger partial charge is 0.327 e. The first-order valence-electron chi connectivity index (χ1n) is 13.6. The quantitative estimate of drug-likeness (QED) is 0.261. The summed E-state index contributed by atoms with van der Waals surface area (Å²) in [6.45, 7) is 2.31. The van der Waals surface area contributed by atoms with Crippen molar-refractivity contribution in [1.82, 2.24) is 4.98 Å². The lowest BCUT2D eigenvalue weighted by Crippen LogP contribution is -2.76. The van der Waals surface area contributed by atoms with E-state index in [9.17, 15) is 0 Å². The van der Waals surface area contributed by atoms with Crippen LogP contribution in [0.1, 0.15) is 84.0 Å². The molecular formula is C31H43NSi. The van der Waals surface area contributed by atoms with E-state index >= 15 is 0 Å². The Morgan fingerprint density at radius 3 is 1.85 bits per heavy atom. The van der Waals surface area contributed by atoms with Gasteiger partial charge in [-0.15, -0.1) is 0 Å². The van der Waals surface area contributed by atoms with Gasteiger partial charge in [0.1, 0.15) is 0 Å². The highest BCUT2D eigenvalue weighted by atomic mass is 28.3. The molecule has 0 bridgehead atoms. The third kappa shape index (κ3) is 5.44.